The molecule has 1 heterocycles. The molecular weight excluding hydrogens is 447 g/mol. The Labute approximate surface area is 195 Å². The zero-order valence-corrected chi connectivity index (χ0v) is 18.5. The fourth-order valence-electron chi connectivity index (χ4n) is 4.60. The number of allylic oxidation sites excluding steroid dienone is 2. The molecule has 0 bridgehead atoms. The third kappa shape index (κ3) is 3.94. The van der Waals surface area contributed by atoms with Gasteiger partial charge in [0, 0.05) is 23.1 Å². The number of nitrogens with one attached hydrogen (secondary N) is 1. The molecule has 0 spiro atoms. The van der Waals surface area contributed by atoms with Crippen molar-refractivity contribution in [1.29, 1.82) is 0 Å². The van der Waals surface area contributed by atoms with Gasteiger partial charge < -0.3 is 10.1 Å². The predicted octanol–water partition coefficient (Wildman–Crippen LogP) is 7.31. The van der Waals surface area contributed by atoms with Gasteiger partial charge in [0.15, 0.2) is 0 Å². The van der Waals surface area contributed by atoms with E-state index in [9.17, 15) is 10.1 Å². The fourth-order valence-corrected chi connectivity index (χ4v) is 5.17. The highest BCUT2D eigenvalue weighted by atomic mass is 35.5. The van der Waals surface area contributed by atoms with Crippen LogP contribution in [-0.2, 0) is 6.61 Å². The highest BCUT2D eigenvalue weighted by molar-refractivity contribution is 6.36. The van der Waals surface area contributed by atoms with Gasteiger partial charge in [-0.2, -0.15) is 0 Å². The summed E-state index contributed by atoms with van der Waals surface area (Å²) >= 11 is 12.8. The van der Waals surface area contributed by atoms with Crippen LogP contribution in [0.2, 0.25) is 10.0 Å². The third-order valence-electron chi connectivity index (χ3n) is 6.18. The summed E-state index contributed by atoms with van der Waals surface area (Å²) in [6, 6.07) is 18.4. The van der Waals surface area contributed by atoms with E-state index in [2.05, 4.69) is 29.6 Å². The van der Waals surface area contributed by atoms with Crippen molar-refractivity contribution >= 4 is 34.6 Å². The number of nitro groups is 1. The SMILES string of the molecule is O=[N+]([O-])c1ccc(COc2ccc([C@@H]3Nc4c(Cl)cc(Cl)cc4[C@@H]4C=CC[C@@H]43)cc2)cc1. The fraction of sp³-hybridized carbons (Fsp3) is 0.200. The van der Waals surface area contributed by atoms with Gasteiger partial charge in [0.25, 0.3) is 5.69 Å². The molecule has 0 unspecified atom stereocenters. The zero-order valence-electron chi connectivity index (χ0n) is 17.0. The summed E-state index contributed by atoms with van der Waals surface area (Å²) in [6.07, 6.45) is 5.48. The number of hydrogen-bond donors (Lipinski definition) is 1. The second kappa shape index (κ2) is 8.49. The van der Waals surface area contributed by atoms with Crippen LogP contribution >= 0.6 is 23.2 Å². The summed E-state index contributed by atoms with van der Waals surface area (Å²) in [4.78, 5) is 10.4. The second-order valence-electron chi connectivity index (χ2n) is 8.11. The van der Waals surface area contributed by atoms with Crippen LogP contribution in [0.1, 0.15) is 35.1 Å². The number of anilines is 1. The number of rotatable bonds is 5. The molecule has 3 aromatic rings. The van der Waals surface area contributed by atoms with E-state index in [0.717, 1.165) is 29.0 Å². The molecule has 1 N–H and O–H groups in total. The Morgan fingerprint density at radius 3 is 2.53 bits per heavy atom. The van der Waals surface area contributed by atoms with Gasteiger partial charge in [0.1, 0.15) is 12.4 Å². The van der Waals surface area contributed by atoms with Crippen LogP contribution in [0.4, 0.5) is 11.4 Å². The Balaban J connectivity index is 1.32. The summed E-state index contributed by atoms with van der Waals surface area (Å²) in [5.41, 5.74) is 4.22. The van der Waals surface area contributed by atoms with Gasteiger partial charge in [-0.15, -0.1) is 0 Å². The third-order valence-corrected chi connectivity index (χ3v) is 6.69. The zero-order chi connectivity index (χ0) is 22.2. The maximum atomic E-state index is 10.8. The lowest BCUT2D eigenvalue weighted by Gasteiger charge is -2.38. The van der Waals surface area contributed by atoms with E-state index in [1.54, 1.807) is 18.2 Å². The van der Waals surface area contributed by atoms with Crippen LogP contribution < -0.4 is 10.1 Å². The highest BCUT2D eigenvalue weighted by Crippen LogP contribution is 2.52. The first-order valence-corrected chi connectivity index (χ1v) is 11.1. The van der Waals surface area contributed by atoms with E-state index >= 15 is 0 Å². The summed E-state index contributed by atoms with van der Waals surface area (Å²) in [5.74, 6) is 1.42. The molecule has 3 aromatic carbocycles. The molecule has 0 aromatic heterocycles. The quantitative estimate of drug-likeness (QED) is 0.243. The van der Waals surface area contributed by atoms with Crippen molar-refractivity contribution in [3.8, 4) is 5.75 Å². The number of halogens is 2. The lowest BCUT2D eigenvalue weighted by molar-refractivity contribution is -0.384. The van der Waals surface area contributed by atoms with Gasteiger partial charge in [0.05, 0.1) is 21.7 Å². The van der Waals surface area contributed by atoms with Crippen molar-refractivity contribution in [1.82, 2.24) is 0 Å². The molecule has 7 heteroatoms. The molecule has 1 aliphatic carbocycles. The minimum Gasteiger partial charge on any atom is -0.489 e. The van der Waals surface area contributed by atoms with Gasteiger partial charge >= 0.3 is 0 Å². The first-order chi connectivity index (χ1) is 15.5. The predicted molar refractivity (Wildman–Crippen MR) is 127 cm³/mol. The van der Waals surface area contributed by atoms with Crippen molar-refractivity contribution in [2.75, 3.05) is 5.32 Å². The smallest absolute Gasteiger partial charge is 0.269 e. The lowest BCUT2D eigenvalue weighted by Crippen LogP contribution is -2.29. The largest absolute Gasteiger partial charge is 0.489 e. The second-order valence-corrected chi connectivity index (χ2v) is 8.95. The molecule has 3 atom stereocenters. The maximum absolute atomic E-state index is 10.8. The van der Waals surface area contributed by atoms with Gasteiger partial charge in [-0.3, -0.25) is 10.1 Å². The van der Waals surface area contributed by atoms with E-state index in [1.807, 2.05) is 18.2 Å². The van der Waals surface area contributed by atoms with Crippen LogP contribution in [-0.4, -0.2) is 4.92 Å². The van der Waals surface area contributed by atoms with Crippen molar-refractivity contribution in [2.24, 2.45) is 5.92 Å². The van der Waals surface area contributed by atoms with E-state index in [-0.39, 0.29) is 17.6 Å². The molecule has 5 rings (SSSR count). The standard InChI is InChI=1S/C25H20Cl2N2O3/c26-17-12-22-20-2-1-3-21(20)24(28-25(22)23(27)13-17)16-6-10-19(11-7-16)32-14-15-4-8-18(9-5-15)29(30)31/h1-2,4-13,20-21,24,28H,3,14H2/t20-,21+,24+/m1/s1. The van der Waals surface area contributed by atoms with Crippen molar-refractivity contribution in [3.05, 3.63) is 110 Å². The number of nitrogens with zero attached hydrogens (tertiary/aromatic N) is 1. The number of hydrogen-bond acceptors (Lipinski definition) is 4. The number of ether oxygens (including phenoxy) is 1. The van der Waals surface area contributed by atoms with E-state index < -0.39 is 4.92 Å². The highest BCUT2D eigenvalue weighted by Gasteiger charge is 2.38. The molecule has 0 radical (unpaired) electrons. The molecule has 162 valence electrons. The van der Waals surface area contributed by atoms with E-state index in [4.69, 9.17) is 27.9 Å². The number of nitro benzene ring substituents is 1. The van der Waals surface area contributed by atoms with Crippen LogP contribution in [0.3, 0.4) is 0 Å². The minimum atomic E-state index is -0.409. The molecule has 0 fully saturated rings. The Hall–Kier alpha value is -3.02. The maximum Gasteiger partial charge on any atom is 0.269 e. The summed E-state index contributed by atoms with van der Waals surface area (Å²) < 4.78 is 5.87. The topological polar surface area (TPSA) is 64.4 Å². The van der Waals surface area contributed by atoms with E-state index in [0.29, 0.717) is 22.6 Å². The van der Waals surface area contributed by atoms with Gasteiger partial charge in [0.2, 0.25) is 0 Å². The summed E-state index contributed by atoms with van der Waals surface area (Å²) in [5, 5.41) is 15.7. The lowest BCUT2D eigenvalue weighted by atomic mass is 9.77. The van der Waals surface area contributed by atoms with Crippen LogP contribution in [0, 0.1) is 16.0 Å². The van der Waals surface area contributed by atoms with Crippen molar-refractivity contribution in [3.63, 3.8) is 0 Å². The number of fused-ring (bicyclic) bond motifs is 3. The number of benzene rings is 3. The van der Waals surface area contributed by atoms with Crippen LogP contribution in [0.15, 0.2) is 72.8 Å². The van der Waals surface area contributed by atoms with Crippen LogP contribution in [0.25, 0.3) is 0 Å². The Bertz CT molecular complexity index is 1190. The monoisotopic (exact) mass is 466 g/mol. The summed E-state index contributed by atoms with van der Waals surface area (Å²) in [7, 11) is 0. The molecule has 2 aliphatic rings. The average Bonchev–Trinajstić information content (AvgIpc) is 3.28. The molecule has 5 nitrogen and oxygen atoms in total. The molecule has 0 amide bonds. The molecule has 0 saturated heterocycles. The first-order valence-electron chi connectivity index (χ1n) is 10.4. The molecule has 0 saturated carbocycles. The molecule has 32 heavy (non-hydrogen) atoms. The van der Waals surface area contributed by atoms with Gasteiger partial charge in [-0.05, 0) is 65.4 Å². The summed E-state index contributed by atoms with van der Waals surface area (Å²) in [6.45, 7) is 0.345. The molecular formula is C25H20Cl2N2O3. The first kappa shape index (κ1) is 20.9. The number of non-ortho nitro benzene ring substituents is 1. The van der Waals surface area contributed by atoms with Crippen molar-refractivity contribution in [2.45, 2.75) is 25.0 Å². The van der Waals surface area contributed by atoms with Crippen LogP contribution in [0.5, 0.6) is 5.75 Å². The van der Waals surface area contributed by atoms with E-state index in [1.165, 1.54) is 17.7 Å². The molecule has 1 aliphatic heterocycles. The Kier molecular flexibility index (Phi) is 5.53. The van der Waals surface area contributed by atoms with Gasteiger partial charge in [-0.25, -0.2) is 0 Å². The normalized spacial score (nSPS) is 20.9. The van der Waals surface area contributed by atoms with Crippen molar-refractivity contribution < 1.29 is 9.66 Å². The minimum absolute atomic E-state index is 0.0711. The Morgan fingerprint density at radius 2 is 1.81 bits per heavy atom. The Morgan fingerprint density at radius 1 is 1.06 bits per heavy atom. The average molecular weight is 467 g/mol. The van der Waals surface area contributed by atoms with Gasteiger partial charge in [-0.1, -0.05) is 47.5 Å².